The van der Waals surface area contributed by atoms with Gasteiger partial charge in [-0.3, -0.25) is 0 Å². The number of hydrogen-bond donors (Lipinski definition) is 1. The summed E-state index contributed by atoms with van der Waals surface area (Å²) in [6, 6.07) is 10.6. The maximum absolute atomic E-state index is 13.9. The van der Waals surface area contributed by atoms with E-state index in [4.69, 9.17) is 0 Å². The molecule has 0 saturated carbocycles. The number of hydrogen-bond acceptors (Lipinski definition) is 1. The minimum Gasteiger partial charge on any atom is -0.384 e. The molecule has 21 heavy (non-hydrogen) atoms. The van der Waals surface area contributed by atoms with E-state index < -0.39 is 6.10 Å². The molecule has 110 valence electrons. The number of allylic oxidation sites excluding steroid dienone is 1. The van der Waals surface area contributed by atoms with Crippen LogP contribution in [-0.4, -0.2) is 5.11 Å². The summed E-state index contributed by atoms with van der Waals surface area (Å²) in [6.45, 7) is 0. The van der Waals surface area contributed by atoms with Gasteiger partial charge in [0.25, 0.3) is 0 Å². The second-order valence-corrected chi connectivity index (χ2v) is 5.82. The molecule has 1 unspecified atom stereocenters. The van der Waals surface area contributed by atoms with E-state index in [0.717, 1.165) is 35.8 Å². The Morgan fingerprint density at radius 3 is 2.52 bits per heavy atom. The molecule has 0 aromatic heterocycles. The Kier molecular flexibility index (Phi) is 4.35. The Labute approximate surface area is 125 Å². The first kappa shape index (κ1) is 14.3. The van der Waals surface area contributed by atoms with Crippen molar-refractivity contribution in [1.82, 2.24) is 0 Å². The lowest BCUT2D eigenvalue weighted by atomic mass is 9.90. The van der Waals surface area contributed by atoms with Crippen LogP contribution in [0.25, 0.3) is 10.8 Å². The van der Waals surface area contributed by atoms with Crippen LogP contribution < -0.4 is 0 Å². The largest absolute Gasteiger partial charge is 0.384 e. The summed E-state index contributed by atoms with van der Waals surface area (Å²) in [4.78, 5) is 0. The highest BCUT2D eigenvalue weighted by atomic mass is 19.1. The summed E-state index contributed by atoms with van der Waals surface area (Å²) in [5, 5.41) is 12.2. The van der Waals surface area contributed by atoms with Gasteiger partial charge in [-0.05, 0) is 48.3 Å². The van der Waals surface area contributed by atoms with Crippen molar-refractivity contribution >= 4 is 10.8 Å². The average Bonchev–Trinajstić information content (AvgIpc) is 2.47. The van der Waals surface area contributed by atoms with Crippen LogP contribution >= 0.6 is 0 Å². The molecular formula is C19H21FO. The lowest BCUT2D eigenvalue weighted by molar-refractivity contribution is 0.210. The second kappa shape index (κ2) is 6.40. The summed E-state index contributed by atoms with van der Waals surface area (Å²) in [6.07, 6.45) is 8.37. The van der Waals surface area contributed by atoms with Crippen molar-refractivity contribution < 1.29 is 9.50 Å². The first-order chi connectivity index (χ1) is 10.3. The third-order valence-electron chi connectivity index (χ3n) is 4.38. The summed E-state index contributed by atoms with van der Waals surface area (Å²) >= 11 is 0. The maximum atomic E-state index is 13.9. The van der Waals surface area contributed by atoms with Gasteiger partial charge < -0.3 is 5.11 Å². The fourth-order valence-corrected chi connectivity index (χ4v) is 3.19. The maximum Gasteiger partial charge on any atom is 0.131 e. The van der Waals surface area contributed by atoms with E-state index in [1.165, 1.54) is 25.3 Å². The van der Waals surface area contributed by atoms with Crippen molar-refractivity contribution in [1.29, 1.82) is 0 Å². The van der Waals surface area contributed by atoms with Crippen molar-refractivity contribution in [2.45, 2.75) is 44.6 Å². The third-order valence-corrected chi connectivity index (χ3v) is 4.38. The van der Waals surface area contributed by atoms with Crippen molar-refractivity contribution in [2.75, 3.05) is 0 Å². The van der Waals surface area contributed by atoms with Crippen LogP contribution in [0.3, 0.4) is 0 Å². The predicted octanol–water partition coefficient (Wildman–Crippen LogP) is 5.29. The van der Waals surface area contributed by atoms with Crippen LogP contribution in [0.15, 0.2) is 48.0 Å². The van der Waals surface area contributed by atoms with Crippen molar-refractivity contribution in [3.05, 3.63) is 59.4 Å². The molecule has 0 spiro atoms. The number of rotatable bonds is 2. The van der Waals surface area contributed by atoms with Crippen molar-refractivity contribution in [3.8, 4) is 0 Å². The first-order valence-corrected chi connectivity index (χ1v) is 7.81. The van der Waals surface area contributed by atoms with Gasteiger partial charge in [-0.1, -0.05) is 49.2 Å². The minimum atomic E-state index is -0.617. The number of halogens is 1. The Morgan fingerprint density at radius 1 is 0.905 bits per heavy atom. The summed E-state index contributed by atoms with van der Waals surface area (Å²) in [7, 11) is 0. The Hall–Kier alpha value is -1.67. The molecule has 0 radical (unpaired) electrons. The topological polar surface area (TPSA) is 20.2 Å². The fourth-order valence-electron chi connectivity index (χ4n) is 3.19. The van der Waals surface area contributed by atoms with E-state index in [-0.39, 0.29) is 5.82 Å². The standard InChI is InChI=1S/C19H21FO/c20-18-13-12-17(15-10-6-7-11-16(15)18)19(21)14-8-4-2-1-3-5-9-14/h6-8,10-13,19,21H,1-5,9H2/b14-8+. The van der Waals surface area contributed by atoms with Gasteiger partial charge in [0, 0.05) is 5.39 Å². The second-order valence-electron chi connectivity index (χ2n) is 5.82. The SMILES string of the molecule is OC(/C1=C/CCCCCC1)c1ccc(F)c2ccccc12. The number of fused-ring (bicyclic) bond motifs is 1. The average molecular weight is 284 g/mol. The molecule has 1 N–H and O–H groups in total. The Balaban J connectivity index is 2.01. The van der Waals surface area contributed by atoms with E-state index in [1.807, 2.05) is 18.2 Å². The molecule has 1 nitrogen and oxygen atoms in total. The highest BCUT2D eigenvalue weighted by Gasteiger charge is 2.17. The molecule has 0 heterocycles. The van der Waals surface area contributed by atoms with E-state index >= 15 is 0 Å². The van der Waals surface area contributed by atoms with Crippen molar-refractivity contribution in [2.24, 2.45) is 0 Å². The summed E-state index contributed by atoms with van der Waals surface area (Å²) in [5.41, 5.74) is 1.91. The first-order valence-electron chi connectivity index (χ1n) is 7.81. The number of aliphatic hydroxyl groups excluding tert-OH is 1. The van der Waals surface area contributed by atoms with E-state index in [9.17, 15) is 9.50 Å². The van der Waals surface area contributed by atoms with E-state index in [1.54, 1.807) is 12.1 Å². The molecule has 2 heteroatoms. The number of benzene rings is 2. The Bertz CT molecular complexity index is 660. The zero-order valence-corrected chi connectivity index (χ0v) is 12.2. The molecular weight excluding hydrogens is 263 g/mol. The third kappa shape index (κ3) is 3.01. The molecule has 0 amide bonds. The molecule has 2 aromatic carbocycles. The quantitative estimate of drug-likeness (QED) is 0.743. The molecule has 3 rings (SSSR count). The lowest BCUT2D eigenvalue weighted by Crippen LogP contribution is -2.05. The predicted molar refractivity (Wildman–Crippen MR) is 84.7 cm³/mol. The van der Waals surface area contributed by atoms with Gasteiger partial charge in [0.15, 0.2) is 0 Å². The van der Waals surface area contributed by atoms with Gasteiger partial charge in [-0.2, -0.15) is 0 Å². The van der Waals surface area contributed by atoms with Crippen LogP contribution in [0.5, 0.6) is 0 Å². The zero-order chi connectivity index (χ0) is 14.7. The molecule has 0 saturated heterocycles. The monoisotopic (exact) mass is 284 g/mol. The van der Waals surface area contributed by atoms with E-state index in [0.29, 0.717) is 5.39 Å². The van der Waals surface area contributed by atoms with Gasteiger partial charge in [-0.25, -0.2) is 4.39 Å². The van der Waals surface area contributed by atoms with Crippen LogP contribution in [0.1, 0.15) is 50.2 Å². The molecule has 1 atom stereocenters. The smallest absolute Gasteiger partial charge is 0.131 e. The fraction of sp³-hybridized carbons (Fsp3) is 0.368. The molecule has 0 fully saturated rings. The van der Waals surface area contributed by atoms with Gasteiger partial charge in [-0.15, -0.1) is 0 Å². The molecule has 0 bridgehead atoms. The lowest BCUT2D eigenvalue weighted by Gasteiger charge is -2.19. The molecule has 1 aliphatic rings. The van der Waals surface area contributed by atoms with Crippen LogP contribution in [0, 0.1) is 5.82 Å². The van der Waals surface area contributed by atoms with Gasteiger partial charge in [0.05, 0.1) is 0 Å². The zero-order valence-electron chi connectivity index (χ0n) is 12.2. The summed E-state index contributed by atoms with van der Waals surface area (Å²) in [5.74, 6) is -0.229. The van der Waals surface area contributed by atoms with Crippen molar-refractivity contribution in [3.63, 3.8) is 0 Å². The van der Waals surface area contributed by atoms with Crippen LogP contribution in [0.2, 0.25) is 0 Å². The highest BCUT2D eigenvalue weighted by Crippen LogP contribution is 2.33. The molecule has 2 aromatic rings. The van der Waals surface area contributed by atoms with Gasteiger partial charge in [0.2, 0.25) is 0 Å². The highest BCUT2D eigenvalue weighted by molar-refractivity contribution is 5.86. The van der Waals surface area contributed by atoms with E-state index in [2.05, 4.69) is 6.08 Å². The number of aliphatic hydroxyl groups is 1. The van der Waals surface area contributed by atoms with Gasteiger partial charge >= 0.3 is 0 Å². The Morgan fingerprint density at radius 2 is 1.67 bits per heavy atom. The van der Waals surface area contributed by atoms with Gasteiger partial charge in [0.1, 0.15) is 11.9 Å². The minimum absolute atomic E-state index is 0.229. The summed E-state index contributed by atoms with van der Waals surface area (Å²) < 4.78 is 13.9. The molecule has 1 aliphatic carbocycles. The molecule has 0 aliphatic heterocycles. The van der Waals surface area contributed by atoms with Crippen LogP contribution in [0.4, 0.5) is 4.39 Å². The normalized spacial score (nSPS) is 20.4. The van der Waals surface area contributed by atoms with Crippen LogP contribution in [-0.2, 0) is 0 Å².